The van der Waals surface area contributed by atoms with Crippen molar-refractivity contribution in [2.45, 2.75) is 31.6 Å². The third-order valence-electron chi connectivity index (χ3n) is 4.41. The summed E-state index contributed by atoms with van der Waals surface area (Å²) in [7, 11) is 1.60. The lowest BCUT2D eigenvalue weighted by Crippen LogP contribution is -2.37. The van der Waals surface area contributed by atoms with Gasteiger partial charge in [0.05, 0.1) is 12.2 Å². The standard InChI is InChI=1S/C22H28N2O3S/c1-15(2)18-11-10-17(12-16(18)3)27-14-22(26)24(4)13-21(25)23-19-8-6-7-9-20(19)28-5/h6-12,15H,13-14H2,1-5H3,(H,23,25). The van der Waals surface area contributed by atoms with Crippen LogP contribution in [0.1, 0.15) is 30.9 Å². The van der Waals surface area contributed by atoms with Crippen LogP contribution in [-0.2, 0) is 9.59 Å². The molecule has 0 heterocycles. The van der Waals surface area contributed by atoms with Gasteiger partial charge in [-0.1, -0.05) is 32.0 Å². The monoisotopic (exact) mass is 400 g/mol. The molecule has 5 nitrogen and oxygen atoms in total. The second kappa shape index (κ2) is 10.2. The number of hydrogen-bond acceptors (Lipinski definition) is 4. The number of nitrogens with zero attached hydrogens (tertiary/aromatic N) is 1. The number of thioether (sulfide) groups is 1. The van der Waals surface area contributed by atoms with Crippen molar-refractivity contribution < 1.29 is 14.3 Å². The lowest BCUT2D eigenvalue weighted by Gasteiger charge is -2.18. The lowest BCUT2D eigenvalue weighted by molar-refractivity contribution is -0.135. The second-order valence-electron chi connectivity index (χ2n) is 6.96. The molecular formula is C22H28N2O3S. The largest absolute Gasteiger partial charge is 0.484 e. The van der Waals surface area contributed by atoms with Gasteiger partial charge in [-0.2, -0.15) is 0 Å². The summed E-state index contributed by atoms with van der Waals surface area (Å²) in [5, 5.41) is 2.85. The van der Waals surface area contributed by atoms with Crippen LogP contribution < -0.4 is 10.1 Å². The van der Waals surface area contributed by atoms with Crippen LogP contribution in [0.3, 0.4) is 0 Å². The summed E-state index contributed by atoms with van der Waals surface area (Å²) in [6.45, 7) is 6.18. The maximum absolute atomic E-state index is 12.3. The highest BCUT2D eigenvalue weighted by molar-refractivity contribution is 7.98. The van der Waals surface area contributed by atoms with Gasteiger partial charge in [0.15, 0.2) is 6.61 Å². The van der Waals surface area contributed by atoms with Gasteiger partial charge in [0, 0.05) is 11.9 Å². The summed E-state index contributed by atoms with van der Waals surface area (Å²) >= 11 is 1.56. The summed E-state index contributed by atoms with van der Waals surface area (Å²) in [6.07, 6.45) is 1.95. The zero-order chi connectivity index (χ0) is 20.7. The molecule has 6 heteroatoms. The Labute approximate surface area is 171 Å². The highest BCUT2D eigenvalue weighted by atomic mass is 32.2. The first-order valence-corrected chi connectivity index (χ1v) is 10.4. The molecule has 2 amide bonds. The zero-order valence-corrected chi connectivity index (χ0v) is 17.9. The van der Waals surface area contributed by atoms with Gasteiger partial charge in [0.1, 0.15) is 5.75 Å². The van der Waals surface area contributed by atoms with Crippen molar-refractivity contribution in [3.63, 3.8) is 0 Å². The van der Waals surface area contributed by atoms with E-state index in [9.17, 15) is 9.59 Å². The van der Waals surface area contributed by atoms with E-state index in [1.807, 2.05) is 55.6 Å². The molecule has 0 saturated carbocycles. The van der Waals surface area contributed by atoms with E-state index in [-0.39, 0.29) is 25.0 Å². The van der Waals surface area contributed by atoms with Crippen molar-refractivity contribution in [3.05, 3.63) is 53.6 Å². The fraction of sp³-hybridized carbons (Fsp3) is 0.364. The second-order valence-corrected chi connectivity index (χ2v) is 7.81. The summed E-state index contributed by atoms with van der Waals surface area (Å²) in [6, 6.07) is 13.4. The Hall–Kier alpha value is -2.47. The Kier molecular flexibility index (Phi) is 7.93. The number of benzene rings is 2. The third kappa shape index (κ3) is 6.02. The smallest absolute Gasteiger partial charge is 0.260 e. The average Bonchev–Trinajstić information content (AvgIpc) is 2.66. The number of likely N-dealkylation sites (N-methyl/N-ethyl adjacent to an activating group) is 1. The number of amides is 2. The summed E-state index contributed by atoms with van der Waals surface area (Å²) in [5.74, 6) is 0.604. The van der Waals surface area contributed by atoms with Crippen molar-refractivity contribution in [2.75, 3.05) is 31.8 Å². The maximum Gasteiger partial charge on any atom is 0.260 e. The van der Waals surface area contributed by atoms with Gasteiger partial charge < -0.3 is 15.0 Å². The maximum atomic E-state index is 12.3. The van der Waals surface area contributed by atoms with Crippen LogP contribution in [0.4, 0.5) is 5.69 Å². The molecule has 0 saturated heterocycles. The van der Waals surface area contributed by atoms with E-state index >= 15 is 0 Å². The lowest BCUT2D eigenvalue weighted by atomic mass is 9.98. The highest BCUT2D eigenvalue weighted by Gasteiger charge is 2.15. The topological polar surface area (TPSA) is 58.6 Å². The summed E-state index contributed by atoms with van der Waals surface area (Å²) in [5.41, 5.74) is 3.15. The Morgan fingerprint density at radius 3 is 2.54 bits per heavy atom. The number of carbonyl (C=O) groups is 2. The Morgan fingerprint density at radius 2 is 1.89 bits per heavy atom. The van der Waals surface area contributed by atoms with Crippen LogP contribution in [0.5, 0.6) is 5.75 Å². The van der Waals surface area contributed by atoms with Crippen molar-refractivity contribution in [1.29, 1.82) is 0 Å². The minimum Gasteiger partial charge on any atom is -0.484 e. The predicted octanol–water partition coefficient (Wildman–Crippen LogP) is 4.32. The van der Waals surface area contributed by atoms with E-state index in [4.69, 9.17) is 4.74 Å². The molecule has 0 bridgehead atoms. The van der Waals surface area contributed by atoms with E-state index in [0.717, 1.165) is 16.1 Å². The number of anilines is 1. The van der Waals surface area contributed by atoms with Crippen LogP contribution in [0.2, 0.25) is 0 Å². The summed E-state index contributed by atoms with van der Waals surface area (Å²) in [4.78, 5) is 26.9. The SMILES string of the molecule is CSc1ccccc1NC(=O)CN(C)C(=O)COc1ccc(C(C)C)c(C)c1. The Balaban J connectivity index is 1.87. The normalized spacial score (nSPS) is 10.6. The third-order valence-corrected chi connectivity index (χ3v) is 5.21. The first-order chi connectivity index (χ1) is 13.3. The fourth-order valence-corrected chi connectivity index (χ4v) is 3.44. The molecule has 0 radical (unpaired) electrons. The van der Waals surface area contributed by atoms with Crippen LogP contribution in [0.25, 0.3) is 0 Å². The van der Waals surface area contributed by atoms with Gasteiger partial charge in [0.2, 0.25) is 5.91 Å². The molecule has 1 N–H and O–H groups in total. The fourth-order valence-electron chi connectivity index (χ4n) is 2.88. The molecule has 0 aromatic heterocycles. The molecule has 2 rings (SSSR count). The molecule has 28 heavy (non-hydrogen) atoms. The van der Waals surface area contributed by atoms with Crippen molar-refractivity contribution in [2.24, 2.45) is 0 Å². The number of nitrogens with one attached hydrogen (secondary N) is 1. The molecule has 0 aliphatic rings. The van der Waals surface area contributed by atoms with Crippen molar-refractivity contribution in [1.82, 2.24) is 4.90 Å². The molecular weight excluding hydrogens is 372 g/mol. The van der Waals surface area contributed by atoms with Crippen LogP contribution in [-0.4, -0.2) is 43.2 Å². The van der Waals surface area contributed by atoms with E-state index in [1.54, 1.807) is 18.8 Å². The minimum atomic E-state index is -0.251. The van der Waals surface area contributed by atoms with Gasteiger partial charge in [0.25, 0.3) is 5.91 Å². The number of para-hydroxylation sites is 1. The van der Waals surface area contributed by atoms with E-state index in [1.165, 1.54) is 10.5 Å². The molecule has 150 valence electrons. The number of rotatable bonds is 8. The van der Waals surface area contributed by atoms with Gasteiger partial charge in [-0.25, -0.2) is 0 Å². The van der Waals surface area contributed by atoms with Crippen LogP contribution in [0.15, 0.2) is 47.4 Å². The predicted molar refractivity (Wildman–Crippen MR) is 115 cm³/mol. The number of ether oxygens (including phenoxy) is 1. The molecule has 0 fully saturated rings. The van der Waals surface area contributed by atoms with Crippen molar-refractivity contribution >= 4 is 29.3 Å². The molecule has 0 aliphatic heterocycles. The molecule has 2 aromatic rings. The molecule has 0 aliphatic carbocycles. The zero-order valence-electron chi connectivity index (χ0n) is 17.1. The van der Waals surface area contributed by atoms with Crippen molar-refractivity contribution in [3.8, 4) is 5.75 Å². The number of hydrogen-bond donors (Lipinski definition) is 1. The average molecular weight is 401 g/mol. The first kappa shape index (κ1) is 21.8. The minimum absolute atomic E-state index is 0.0315. The van der Waals surface area contributed by atoms with Crippen LogP contribution >= 0.6 is 11.8 Å². The molecule has 0 atom stereocenters. The van der Waals surface area contributed by atoms with Gasteiger partial charge in [-0.05, 0) is 54.5 Å². The molecule has 2 aromatic carbocycles. The number of carbonyl (C=O) groups excluding carboxylic acids is 2. The Morgan fingerprint density at radius 1 is 1.18 bits per heavy atom. The number of aryl methyl sites for hydroxylation is 1. The van der Waals surface area contributed by atoms with Gasteiger partial charge >= 0.3 is 0 Å². The molecule has 0 unspecified atom stereocenters. The van der Waals surface area contributed by atoms with Gasteiger partial charge in [-0.3, -0.25) is 9.59 Å². The van der Waals surface area contributed by atoms with Gasteiger partial charge in [-0.15, -0.1) is 11.8 Å². The van der Waals surface area contributed by atoms with Crippen LogP contribution in [0, 0.1) is 6.92 Å². The van der Waals surface area contributed by atoms with E-state index in [0.29, 0.717) is 11.7 Å². The summed E-state index contributed by atoms with van der Waals surface area (Å²) < 4.78 is 5.61. The van der Waals surface area contributed by atoms with E-state index < -0.39 is 0 Å². The van der Waals surface area contributed by atoms with E-state index in [2.05, 4.69) is 19.2 Å². The Bertz CT molecular complexity index is 836. The highest BCUT2D eigenvalue weighted by Crippen LogP contribution is 2.25. The first-order valence-electron chi connectivity index (χ1n) is 9.22. The molecule has 0 spiro atoms. The quantitative estimate of drug-likeness (QED) is 0.671.